The summed E-state index contributed by atoms with van der Waals surface area (Å²) in [6, 6.07) is 7.15. The van der Waals surface area contributed by atoms with Gasteiger partial charge in [-0.25, -0.2) is 0 Å². The van der Waals surface area contributed by atoms with E-state index in [4.69, 9.17) is 18.7 Å². The average molecular weight is 320 g/mol. The summed E-state index contributed by atoms with van der Waals surface area (Å²) in [5, 5.41) is 6.65. The number of carbonyl (C=O) groups excluding carboxylic acids is 1. The van der Waals surface area contributed by atoms with E-state index in [2.05, 4.69) is 10.5 Å². The molecular formula is C16H20N2O5. The van der Waals surface area contributed by atoms with Crippen molar-refractivity contribution in [1.29, 1.82) is 0 Å². The maximum Gasteiger partial charge on any atom is 0.226 e. The highest BCUT2D eigenvalue weighted by atomic mass is 16.5. The smallest absolute Gasteiger partial charge is 0.226 e. The van der Waals surface area contributed by atoms with E-state index in [1.54, 1.807) is 39.5 Å². The Kier molecular flexibility index (Phi) is 5.99. The molecule has 1 aromatic carbocycles. The minimum atomic E-state index is -0.130. The lowest BCUT2D eigenvalue weighted by Gasteiger charge is -2.07. The van der Waals surface area contributed by atoms with Crippen molar-refractivity contribution in [3.8, 4) is 22.8 Å². The van der Waals surface area contributed by atoms with Gasteiger partial charge in [-0.3, -0.25) is 4.79 Å². The van der Waals surface area contributed by atoms with Crippen molar-refractivity contribution in [1.82, 2.24) is 10.5 Å². The number of ether oxygens (including phenoxy) is 3. The Labute approximate surface area is 134 Å². The molecule has 2 aromatic rings. The first-order valence-corrected chi connectivity index (χ1v) is 7.11. The van der Waals surface area contributed by atoms with Crippen molar-refractivity contribution in [3.63, 3.8) is 0 Å². The molecule has 1 heterocycles. The Bertz CT molecular complexity index is 654. The van der Waals surface area contributed by atoms with E-state index < -0.39 is 0 Å². The van der Waals surface area contributed by atoms with Gasteiger partial charge in [0.25, 0.3) is 0 Å². The largest absolute Gasteiger partial charge is 0.493 e. The van der Waals surface area contributed by atoms with Crippen LogP contribution in [-0.4, -0.2) is 45.5 Å². The third-order valence-corrected chi connectivity index (χ3v) is 3.20. The van der Waals surface area contributed by atoms with Crippen LogP contribution in [0.1, 0.15) is 5.69 Å². The van der Waals surface area contributed by atoms with Gasteiger partial charge in [-0.05, 0) is 18.2 Å². The molecule has 1 aromatic heterocycles. The average Bonchev–Trinajstić information content (AvgIpc) is 3.02. The maximum absolute atomic E-state index is 11.7. The van der Waals surface area contributed by atoms with Gasteiger partial charge < -0.3 is 24.1 Å². The normalized spacial score (nSPS) is 10.4. The molecule has 124 valence electrons. The minimum Gasteiger partial charge on any atom is -0.493 e. The van der Waals surface area contributed by atoms with Crippen molar-refractivity contribution >= 4 is 5.91 Å². The van der Waals surface area contributed by atoms with E-state index in [1.807, 2.05) is 6.07 Å². The second-order valence-electron chi connectivity index (χ2n) is 4.77. The second-order valence-corrected chi connectivity index (χ2v) is 4.77. The molecular weight excluding hydrogens is 300 g/mol. The number of nitrogens with one attached hydrogen (secondary N) is 1. The molecule has 0 fully saturated rings. The predicted molar refractivity (Wildman–Crippen MR) is 83.6 cm³/mol. The third kappa shape index (κ3) is 4.46. The molecule has 0 atom stereocenters. The molecule has 0 aliphatic carbocycles. The minimum absolute atomic E-state index is 0.130. The van der Waals surface area contributed by atoms with Crippen molar-refractivity contribution in [2.75, 3.05) is 34.5 Å². The molecule has 0 saturated carbocycles. The van der Waals surface area contributed by atoms with E-state index >= 15 is 0 Å². The lowest BCUT2D eigenvalue weighted by molar-refractivity contribution is -0.120. The van der Waals surface area contributed by atoms with Gasteiger partial charge in [0.15, 0.2) is 17.3 Å². The molecule has 0 unspecified atom stereocenters. The van der Waals surface area contributed by atoms with E-state index in [0.29, 0.717) is 36.1 Å². The van der Waals surface area contributed by atoms with Crippen LogP contribution in [0, 0.1) is 0 Å². The number of hydrogen-bond donors (Lipinski definition) is 1. The van der Waals surface area contributed by atoms with E-state index in [0.717, 1.165) is 5.56 Å². The van der Waals surface area contributed by atoms with Crippen LogP contribution < -0.4 is 14.8 Å². The van der Waals surface area contributed by atoms with Crippen molar-refractivity contribution in [2.24, 2.45) is 0 Å². The van der Waals surface area contributed by atoms with E-state index in [9.17, 15) is 4.79 Å². The van der Waals surface area contributed by atoms with Crippen LogP contribution in [0.3, 0.4) is 0 Å². The lowest BCUT2D eigenvalue weighted by Crippen LogP contribution is -2.28. The van der Waals surface area contributed by atoms with Gasteiger partial charge in [0, 0.05) is 25.3 Å². The molecule has 1 N–H and O–H groups in total. The van der Waals surface area contributed by atoms with Gasteiger partial charge >= 0.3 is 0 Å². The first-order chi connectivity index (χ1) is 11.2. The molecule has 2 rings (SSSR count). The van der Waals surface area contributed by atoms with Gasteiger partial charge in [-0.2, -0.15) is 0 Å². The molecule has 0 aliphatic rings. The summed E-state index contributed by atoms with van der Waals surface area (Å²) in [6.45, 7) is 0.942. The Hall–Kier alpha value is -2.54. The van der Waals surface area contributed by atoms with Gasteiger partial charge in [-0.15, -0.1) is 0 Å². The third-order valence-electron chi connectivity index (χ3n) is 3.20. The molecule has 0 bridgehead atoms. The fourth-order valence-electron chi connectivity index (χ4n) is 2.04. The highest BCUT2D eigenvalue weighted by Gasteiger charge is 2.12. The fraction of sp³-hybridized carbons (Fsp3) is 0.375. The first kappa shape index (κ1) is 16.8. The Morgan fingerprint density at radius 3 is 2.65 bits per heavy atom. The van der Waals surface area contributed by atoms with Crippen LogP contribution in [0.4, 0.5) is 0 Å². The molecule has 7 heteroatoms. The van der Waals surface area contributed by atoms with Crippen LogP contribution in [0.2, 0.25) is 0 Å². The second kappa shape index (κ2) is 8.19. The quantitative estimate of drug-likeness (QED) is 0.745. The molecule has 7 nitrogen and oxygen atoms in total. The Balaban J connectivity index is 2.05. The van der Waals surface area contributed by atoms with Crippen LogP contribution in [0.5, 0.6) is 11.5 Å². The lowest BCUT2D eigenvalue weighted by atomic mass is 10.1. The molecule has 0 aliphatic heterocycles. The molecule has 0 spiro atoms. The molecule has 23 heavy (non-hydrogen) atoms. The SMILES string of the molecule is COCCNC(=O)Cc1cc(-c2ccc(OC)c(OC)c2)on1. The summed E-state index contributed by atoms with van der Waals surface area (Å²) < 4.78 is 20.6. The maximum atomic E-state index is 11.7. The monoisotopic (exact) mass is 320 g/mol. The zero-order chi connectivity index (χ0) is 16.7. The highest BCUT2D eigenvalue weighted by Crippen LogP contribution is 2.32. The number of carbonyl (C=O) groups is 1. The van der Waals surface area contributed by atoms with Gasteiger partial charge in [-0.1, -0.05) is 5.16 Å². The highest BCUT2D eigenvalue weighted by molar-refractivity contribution is 5.78. The number of hydrogen-bond acceptors (Lipinski definition) is 6. The summed E-state index contributed by atoms with van der Waals surface area (Å²) >= 11 is 0. The zero-order valence-electron chi connectivity index (χ0n) is 13.4. The van der Waals surface area contributed by atoms with Crippen LogP contribution in [0.15, 0.2) is 28.8 Å². The number of methoxy groups -OCH3 is 3. The number of nitrogens with zero attached hydrogens (tertiary/aromatic N) is 1. The summed E-state index contributed by atoms with van der Waals surface area (Å²) in [4.78, 5) is 11.7. The molecule has 0 saturated heterocycles. The zero-order valence-corrected chi connectivity index (χ0v) is 13.4. The van der Waals surface area contributed by atoms with Crippen LogP contribution >= 0.6 is 0 Å². The Morgan fingerprint density at radius 1 is 1.17 bits per heavy atom. The van der Waals surface area contributed by atoms with Gasteiger partial charge in [0.05, 0.1) is 32.9 Å². The van der Waals surface area contributed by atoms with Crippen LogP contribution in [-0.2, 0) is 16.0 Å². The summed E-state index contributed by atoms with van der Waals surface area (Å²) in [5.74, 6) is 1.66. The van der Waals surface area contributed by atoms with E-state index in [1.165, 1.54) is 0 Å². The van der Waals surface area contributed by atoms with Crippen molar-refractivity contribution < 1.29 is 23.5 Å². The van der Waals surface area contributed by atoms with Crippen molar-refractivity contribution in [2.45, 2.75) is 6.42 Å². The number of rotatable bonds is 8. The standard InChI is InChI=1S/C16H20N2O5/c1-20-7-6-17-16(19)10-12-9-14(23-18-12)11-4-5-13(21-2)15(8-11)22-3/h4-5,8-9H,6-7,10H2,1-3H3,(H,17,19). The summed E-state index contributed by atoms with van der Waals surface area (Å²) in [7, 11) is 4.73. The first-order valence-electron chi connectivity index (χ1n) is 7.11. The Morgan fingerprint density at radius 2 is 1.96 bits per heavy atom. The summed E-state index contributed by atoms with van der Waals surface area (Å²) in [6.07, 6.45) is 0.153. The summed E-state index contributed by atoms with van der Waals surface area (Å²) in [5.41, 5.74) is 1.35. The number of amides is 1. The number of benzene rings is 1. The molecule has 1 amide bonds. The molecule has 0 radical (unpaired) electrons. The van der Waals surface area contributed by atoms with Gasteiger partial charge in [0.2, 0.25) is 5.91 Å². The van der Waals surface area contributed by atoms with Gasteiger partial charge in [0.1, 0.15) is 0 Å². The van der Waals surface area contributed by atoms with Crippen molar-refractivity contribution in [3.05, 3.63) is 30.0 Å². The predicted octanol–water partition coefficient (Wildman–Crippen LogP) is 1.66. The number of aromatic nitrogens is 1. The fourth-order valence-corrected chi connectivity index (χ4v) is 2.04. The van der Waals surface area contributed by atoms with Crippen LogP contribution in [0.25, 0.3) is 11.3 Å². The topological polar surface area (TPSA) is 82.8 Å². The van der Waals surface area contributed by atoms with E-state index in [-0.39, 0.29) is 12.3 Å².